The second kappa shape index (κ2) is 8.83. The Hall–Kier alpha value is -3.59. The lowest BCUT2D eigenvalue weighted by atomic mass is 10.1. The third kappa shape index (κ3) is 4.36. The Bertz CT molecular complexity index is 1050. The number of nitro groups is 1. The van der Waals surface area contributed by atoms with Crippen molar-refractivity contribution in [1.82, 2.24) is 10.2 Å². The van der Waals surface area contributed by atoms with Crippen molar-refractivity contribution in [2.45, 2.75) is 13.5 Å². The molecular formula is C20H18ClN3O6. The van der Waals surface area contributed by atoms with Crippen LogP contribution in [0.5, 0.6) is 11.5 Å². The number of hydrogen-bond acceptors (Lipinski definition) is 6. The predicted molar refractivity (Wildman–Crippen MR) is 109 cm³/mol. The molecule has 2 aromatic rings. The van der Waals surface area contributed by atoms with Crippen LogP contribution in [0, 0.1) is 10.1 Å². The van der Waals surface area contributed by atoms with E-state index in [1.54, 1.807) is 31.2 Å². The number of carbonyl (C=O) groups excluding carboxylic acids is 2. The maximum atomic E-state index is 12.2. The molecule has 0 spiro atoms. The van der Waals surface area contributed by atoms with Gasteiger partial charge in [-0.3, -0.25) is 19.8 Å². The molecule has 156 valence electrons. The van der Waals surface area contributed by atoms with Crippen LogP contribution in [0.25, 0.3) is 6.08 Å². The van der Waals surface area contributed by atoms with Gasteiger partial charge in [0.25, 0.3) is 11.6 Å². The molecule has 0 aromatic heterocycles. The van der Waals surface area contributed by atoms with Gasteiger partial charge in [0.05, 0.1) is 17.1 Å². The average Bonchev–Trinajstić information content (AvgIpc) is 2.99. The number of nitro benzene ring substituents is 1. The van der Waals surface area contributed by atoms with Gasteiger partial charge in [-0.25, -0.2) is 4.79 Å². The number of benzene rings is 2. The molecule has 3 amide bonds. The fraction of sp³-hybridized carbons (Fsp3) is 0.200. The molecule has 30 heavy (non-hydrogen) atoms. The van der Waals surface area contributed by atoms with E-state index in [1.807, 2.05) is 0 Å². The number of nitrogens with zero attached hydrogens (tertiary/aromatic N) is 2. The first kappa shape index (κ1) is 21.1. The summed E-state index contributed by atoms with van der Waals surface area (Å²) >= 11 is 6.34. The minimum absolute atomic E-state index is 0.0399. The summed E-state index contributed by atoms with van der Waals surface area (Å²) in [6, 6.07) is 8.75. The zero-order valence-corrected chi connectivity index (χ0v) is 16.9. The number of halogens is 1. The van der Waals surface area contributed by atoms with Crippen LogP contribution in [0.1, 0.15) is 18.1 Å². The first-order valence-electron chi connectivity index (χ1n) is 8.92. The summed E-state index contributed by atoms with van der Waals surface area (Å²) in [6.45, 7) is 2.00. The summed E-state index contributed by atoms with van der Waals surface area (Å²) in [5.74, 6) is 0.136. The molecule has 3 rings (SSSR count). The van der Waals surface area contributed by atoms with Crippen molar-refractivity contribution < 1.29 is 24.0 Å². The highest BCUT2D eigenvalue weighted by molar-refractivity contribution is 6.32. The third-order valence-electron chi connectivity index (χ3n) is 4.35. The fourth-order valence-corrected chi connectivity index (χ4v) is 3.18. The van der Waals surface area contributed by atoms with Crippen molar-refractivity contribution in [2.24, 2.45) is 0 Å². The monoisotopic (exact) mass is 431 g/mol. The molecule has 0 unspecified atom stereocenters. The Labute approximate surface area is 177 Å². The highest BCUT2D eigenvalue weighted by Crippen LogP contribution is 2.37. The molecule has 0 bridgehead atoms. The van der Waals surface area contributed by atoms with Gasteiger partial charge < -0.3 is 14.8 Å². The molecule has 1 N–H and O–H groups in total. The van der Waals surface area contributed by atoms with E-state index in [9.17, 15) is 19.7 Å². The summed E-state index contributed by atoms with van der Waals surface area (Å²) < 4.78 is 11.1. The number of ether oxygens (including phenoxy) is 2. The molecule has 2 aromatic carbocycles. The van der Waals surface area contributed by atoms with E-state index in [0.717, 1.165) is 4.90 Å². The van der Waals surface area contributed by atoms with Crippen LogP contribution in [0.4, 0.5) is 10.5 Å². The molecule has 1 fully saturated rings. The zero-order chi connectivity index (χ0) is 21.8. The molecule has 9 nitrogen and oxygen atoms in total. The van der Waals surface area contributed by atoms with Crippen LogP contribution in [0.3, 0.4) is 0 Å². The number of rotatable bonds is 7. The van der Waals surface area contributed by atoms with Gasteiger partial charge in [-0.1, -0.05) is 23.7 Å². The van der Waals surface area contributed by atoms with Crippen molar-refractivity contribution in [3.05, 3.63) is 68.4 Å². The van der Waals surface area contributed by atoms with Crippen LogP contribution >= 0.6 is 11.6 Å². The van der Waals surface area contributed by atoms with E-state index in [0.29, 0.717) is 16.9 Å². The summed E-state index contributed by atoms with van der Waals surface area (Å²) in [6.07, 6.45) is 1.49. The zero-order valence-electron chi connectivity index (χ0n) is 16.2. The van der Waals surface area contributed by atoms with Crippen LogP contribution < -0.4 is 14.8 Å². The lowest BCUT2D eigenvalue weighted by molar-refractivity contribution is -0.384. The Morgan fingerprint density at radius 1 is 1.27 bits per heavy atom. The molecule has 0 atom stereocenters. The summed E-state index contributed by atoms with van der Waals surface area (Å²) in [5.41, 5.74) is 1.21. The summed E-state index contributed by atoms with van der Waals surface area (Å²) in [4.78, 5) is 35.5. The van der Waals surface area contributed by atoms with E-state index < -0.39 is 16.9 Å². The second-order valence-electron chi connectivity index (χ2n) is 6.29. The number of likely N-dealkylation sites (N-methyl/N-ethyl adjacent to an activating group) is 1. The van der Waals surface area contributed by atoms with Crippen molar-refractivity contribution in [1.29, 1.82) is 0 Å². The molecule has 0 radical (unpaired) electrons. The first-order valence-corrected chi connectivity index (χ1v) is 9.30. The van der Waals surface area contributed by atoms with E-state index >= 15 is 0 Å². The number of hydrogen-bond donors (Lipinski definition) is 1. The maximum absolute atomic E-state index is 12.2. The standard InChI is InChI=1S/C20H18ClN3O6/c1-3-23-19(25)16(22-20(23)26)9-13-8-15(21)18(17(10-13)29-2)30-11-12-5-4-6-14(7-12)24(27)28/h4-10H,3,11H2,1-2H3,(H,22,26)/b16-9+. The first-order chi connectivity index (χ1) is 14.3. The highest BCUT2D eigenvalue weighted by Gasteiger charge is 2.32. The van der Waals surface area contributed by atoms with Crippen molar-refractivity contribution in [2.75, 3.05) is 13.7 Å². The van der Waals surface area contributed by atoms with Crippen molar-refractivity contribution in [3.8, 4) is 11.5 Å². The largest absolute Gasteiger partial charge is 0.493 e. The van der Waals surface area contributed by atoms with Gasteiger partial charge in [0, 0.05) is 18.7 Å². The van der Waals surface area contributed by atoms with Crippen LogP contribution in [0.2, 0.25) is 5.02 Å². The SMILES string of the molecule is CCN1C(=O)N/C(=C/c2cc(Cl)c(OCc3cccc([N+](=O)[O-])c3)c(OC)c2)C1=O. The molecule has 0 aliphatic carbocycles. The lowest BCUT2D eigenvalue weighted by Gasteiger charge is -2.13. The molecule has 10 heteroatoms. The average molecular weight is 432 g/mol. The number of urea groups is 1. The summed E-state index contributed by atoms with van der Waals surface area (Å²) in [5, 5.41) is 13.6. The Balaban J connectivity index is 1.84. The van der Waals surface area contributed by atoms with Crippen molar-refractivity contribution >= 4 is 35.3 Å². The van der Waals surface area contributed by atoms with Gasteiger partial charge in [0.2, 0.25) is 0 Å². The molecule has 1 aliphatic rings. The lowest BCUT2D eigenvalue weighted by Crippen LogP contribution is -2.30. The van der Waals surface area contributed by atoms with Gasteiger partial charge in [-0.2, -0.15) is 0 Å². The minimum Gasteiger partial charge on any atom is -0.493 e. The van der Waals surface area contributed by atoms with Crippen molar-refractivity contribution in [3.63, 3.8) is 0 Å². The van der Waals surface area contributed by atoms with E-state index in [-0.39, 0.29) is 35.3 Å². The Morgan fingerprint density at radius 2 is 2.03 bits per heavy atom. The quantitative estimate of drug-likeness (QED) is 0.309. The number of non-ortho nitro benzene ring substituents is 1. The van der Waals surface area contributed by atoms with Gasteiger partial charge in [0.1, 0.15) is 12.3 Å². The van der Waals surface area contributed by atoms with Crippen LogP contribution in [-0.2, 0) is 11.4 Å². The molecule has 1 saturated heterocycles. The fourth-order valence-electron chi connectivity index (χ4n) is 2.90. The predicted octanol–water partition coefficient (Wildman–Crippen LogP) is 3.75. The Kier molecular flexibility index (Phi) is 6.22. The van der Waals surface area contributed by atoms with Gasteiger partial charge >= 0.3 is 6.03 Å². The van der Waals surface area contributed by atoms with Gasteiger partial charge in [-0.05, 0) is 36.3 Å². The molecular weight excluding hydrogens is 414 g/mol. The third-order valence-corrected chi connectivity index (χ3v) is 4.63. The number of methoxy groups -OCH3 is 1. The highest BCUT2D eigenvalue weighted by atomic mass is 35.5. The normalized spacial score (nSPS) is 14.8. The maximum Gasteiger partial charge on any atom is 0.328 e. The van der Waals surface area contributed by atoms with Crippen LogP contribution in [0.15, 0.2) is 42.1 Å². The van der Waals surface area contributed by atoms with E-state index in [2.05, 4.69) is 5.32 Å². The molecule has 0 saturated carbocycles. The second-order valence-corrected chi connectivity index (χ2v) is 6.69. The number of amides is 3. The van der Waals surface area contributed by atoms with Gasteiger partial charge in [0.15, 0.2) is 11.5 Å². The Morgan fingerprint density at radius 3 is 2.67 bits per heavy atom. The van der Waals surface area contributed by atoms with E-state index in [1.165, 1.54) is 25.3 Å². The van der Waals surface area contributed by atoms with E-state index in [4.69, 9.17) is 21.1 Å². The molecule has 1 aliphatic heterocycles. The summed E-state index contributed by atoms with van der Waals surface area (Å²) in [7, 11) is 1.43. The van der Waals surface area contributed by atoms with Gasteiger partial charge in [-0.15, -0.1) is 0 Å². The number of carbonyl (C=O) groups is 2. The smallest absolute Gasteiger partial charge is 0.328 e. The number of imide groups is 1. The topological polar surface area (TPSA) is 111 Å². The van der Waals surface area contributed by atoms with Crippen LogP contribution in [-0.4, -0.2) is 35.4 Å². The number of nitrogens with one attached hydrogen (secondary N) is 1. The minimum atomic E-state index is -0.484. The molecule has 1 heterocycles.